The second kappa shape index (κ2) is 7.51. The van der Waals surface area contributed by atoms with Gasteiger partial charge in [0.25, 0.3) is 5.56 Å². The number of hydrazone groups is 1. The third-order valence-corrected chi connectivity index (χ3v) is 4.31. The van der Waals surface area contributed by atoms with Crippen molar-refractivity contribution in [3.8, 4) is 0 Å². The van der Waals surface area contributed by atoms with Gasteiger partial charge in [-0.3, -0.25) is 10.2 Å². The molecule has 26 heavy (non-hydrogen) atoms. The minimum Gasteiger partial charge on any atom is -0.349 e. The average molecular weight is 352 g/mol. The molecule has 0 spiro atoms. The Morgan fingerprint density at radius 1 is 1.38 bits per heavy atom. The molecule has 1 aliphatic rings. The first kappa shape index (κ1) is 17.8. The van der Waals surface area contributed by atoms with Crippen LogP contribution in [0.3, 0.4) is 0 Å². The van der Waals surface area contributed by atoms with E-state index >= 15 is 0 Å². The highest BCUT2D eigenvalue weighted by Gasteiger charge is 2.37. The average Bonchev–Trinajstić information content (AvgIpc) is 3.36. The number of aromatic nitrogens is 3. The molecule has 0 aromatic carbocycles. The SMILES string of the molecule is C=C/C(=N\Nc1ccc(=O)n(CCC)c1)c1cnc(NC2(C)CC2)nc1. The van der Waals surface area contributed by atoms with Gasteiger partial charge in [0.15, 0.2) is 0 Å². The van der Waals surface area contributed by atoms with Crippen LogP contribution >= 0.6 is 0 Å². The third kappa shape index (κ3) is 4.36. The van der Waals surface area contributed by atoms with E-state index in [1.807, 2.05) is 6.92 Å². The maximum Gasteiger partial charge on any atom is 0.250 e. The largest absolute Gasteiger partial charge is 0.349 e. The molecule has 2 aromatic heterocycles. The van der Waals surface area contributed by atoms with Gasteiger partial charge in [-0.2, -0.15) is 5.10 Å². The molecular weight excluding hydrogens is 328 g/mol. The lowest BCUT2D eigenvalue weighted by atomic mass is 10.2. The van der Waals surface area contributed by atoms with Crippen LogP contribution in [0.1, 0.15) is 38.7 Å². The van der Waals surface area contributed by atoms with Crippen LogP contribution in [0.2, 0.25) is 0 Å². The molecule has 3 rings (SSSR count). The molecule has 136 valence electrons. The fourth-order valence-electron chi connectivity index (χ4n) is 2.47. The van der Waals surface area contributed by atoms with Gasteiger partial charge in [0.05, 0.1) is 11.4 Å². The summed E-state index contributed by atoms with van der Waals surface area (Å²) in [6, 6.07) is 3.24. The summed E-state index contributed by atoms with van der Waals surface area (Å²) in [6.07, 6.45) is 10.0. The van der Waals surface area contributed by atoms with Gasteiger partial charge in [-0.25, -0.2) is 9.97 Å². The van der Waals surface area contributed by atoms with Crippen molar-refractivity contribution in [3.63, 3.8) is 0 Å². The van der Waals surface area contributed by atoms with E-state index in [4.69, 9.17) is 0 Å². The maximum atomic E-state index is 11.8. The predicted molar refractivity (Wildman–Crippen MR) is 105 cm³/mol. The highest BCUT2D eigenvalue weighted by Crippen LogP contribution is 2.37. The molecule has 1 fully saturated rings. The van der Waals surface area contributed by atoms with E-state index in [-0.39, 0.29) is 11.1 Å². The quantitative estimate of drug-likeness (QED) is 0.563. The first-order valence-electron chi connectivity index (χ1n) is 8.80. The summed E-state index contributed by atoms with van der Waals surface area (Å²) in [5, 5.41) is 7.68. The Kier molecular flexibility index (Phi) is 5.16. The van der Waals surface area contributed by atoms with Gasteiger partial charge in [0.1, 0.15) is 0 Å². The Morgan fingerprint density at radius 2 is 2.12 bits per heavy atom. The van der Waals surface area contributed by atoms with Crippen molar-refractivity contribution < 1.29 is 0 Å². The molecule has 0 aliphatic heterocycles. The molecule has 2 heterocycles. The van der Waals surface area contributed by atoms with Crippen LogP contribution in [0, 0.1) is 0 Å². The van der Waals surface area contributed by atoms with Gasteiger partial charge in [0, 0.05) is 42.3 Å². The minimum atomic E-state index is -0.0221. The molecule has 2 aromatic rings. The monoisotopic (exact) mass is 352 g/mol. The summed E-state index contributed by atoms with van der Waals surface area (Å²) < 4.78 is 1.66. The molecule has 0 unspecified atom stereocenters. The van der Waals surface area contributed by atoms with Gasteiger partial charge in [0.2, 0.25) is 5.95 Å². The van der Waals surface area contributed by atoms with Crippen LogP contribution in [0.5, 0.6) is 0 Å². The van der Waals surface area contributed by atoms with E-state index in [9.17, 15) is 4.79 Å². The normalized spacial score (nSPS) is 15.4. The van der Waals surface area contributed by atoms with Crippen molar-refractivity contribution in [1.29, 1.82) is 0 Å². The maximum absolute atomic E-state index is 11.8. The van der Waals surface area contributed by atoms with E-state index in [1.54, 1.807) is 35.3 Å². The second-order valence-corrected chi connectivity index (χ2v) is 6.74. The highest BCUT2D eigenvalue weighted by atomic mass is 16.1. The van der Waals surface area contributed by atoms with Crippen molar-refractivity contribution in [2.24, 2.45) is 5.10 Å². The number of anilines is 2. The zero-order valence-electron chi connectivity index (χ0n) is 15.2. The standard InChI is InChI=1S/C19H24N6O/c1-4-10-25-13-15(6-7-17(25)26)23-24-16(5-2)14-11-20-18(21-12-14)22-19(3)8-9-19/h5-7,11-13,23H,2,4,8-10H2,1,3H3,(H,20,21,22)/b24-16+. The molecule has 0 radical (unpaired) electrons. The molecule has 7 nitrogen and oxygen atoms in total. The van der Waals surface area contributed by atoms with Crippen molar-refractivity contribution in [3.05, 3.63) is 59.3 Å². The van der Waals surface area contributed by atoms with Crippen LogP contribution in [0.25, 0.3) is 0 Å². The Bertz CT molecular complexity index is 864. The zero-order chi connectivity index (χ0) is 18.6. The molecule has 1 saturated carbocycles. The number of allylic oxidation sites excluding steroid dienone is 1. The number of rotatable bonds is 8. The lowest BCUT2D eigenvalue weighted by molar-refractivity contribution is 0.655. The molecule has 0 bridgehead atoms. The Labute approximate surface area is 152 Å². The molecule has 2 N–H and O–H groups in total. The summed E-state index contributed by atoms with van der Waals surface area (Å²) in [5.74, 6) is 0.622. The van der Waals surface area contributed by atoms with Crippen LogP contribution in [0.4, 0.5) is 11.6 Å². The molecule has 1 aliphatic carbocycles. The molecule has 7 heteroatoms. The Morgan fingerprint density at radius 3 is 2.73 bits per heavy atom. The number of aryl methyl sites for hydroxylation is 1. The number of nitrogens with zero attached hydrogens (tertiary/aromatic N) is 4. The van der Waals surface area contributed by atoms with Gasteiger partial charge in [-0.1, -0.05) is 13.5 Å². The fraction of sp³-hybridized carbons (Fsp3) is 0.368. The molecule has 0 saturated heterocycles. The Hall–Kier alpha value is -2.96. The lowest BCUT2D eigenvalue weighted by Crippen LogP contribution is -2.18. The van der Waals surface area contributed by atoms with Crippen molar-refractivity contribution in [2.75, 3.05) is 10.7 Å². The van der Waals surface area contributed by atoms with Crippen LogP contribution in [-0.2, 0) is 6.54 Å². The molecular formula is C19H24N6O. The lowest BCUT2D eigenvalue weighted by Gasteiger charge is -2.11. The zero-order valence-corrected chi connectivity index (χ0v) is 15.2. The van der Waals surface area contributed by atoms with E-state index in [0.717, 1.165) is 30.5 Å². The summed E-state index contributed by atoms with van der Waals surface area (Å²) in [5.41, 5.74) is 5.21. The number of hydrogen-bond donors (Lipinski definition) is 2. The van der Waals surface area contributed by atoms with Crippen LogP contribution < -0.4 is 16.3 Å². The molecule has 0 amide bonds. The number of hydrogen-bond acceptors (Lipinski definition) is 6. The fourth-order valence-corrected chi connectivity index (χ4v) is 2.47. The van der Waals surface area contributed by atoms with Gasteiger partial charge in [-0.15, -0.1) is 0 Å². The summed E-state index contributed by atoms with van der Waals surface area (Å²) >= 11 is 0. The van der Waals surface area contributed by atoms with E-state index in [0.29, 0.717) is 18.2 Å². The predicted octanol–water partition coefficient (Wildman–Crippen LogP) is 3.01. The summed E-state index contributed by atoms with van der Waals surface area (Å²) in [7, 11) is 0. The van der Waals surface area contributed by atoms with E-state index in [1.165, 1.54) is 6.07 Å². The van der Waals surface area contributed by atoms with Gasteiger partial charge < -0.3 is 9.88 Å². The minimum absolute atomic E-state index is 0.0221. The first-order valence-corrected chi connectivity index (χ1v) is 8.80. The van der Waals surface area contributed by atoms with Gasteiger partial charge in [-0.05, 0) is 38.3 Å². The molecule has 0 atom stereocenters. The smallest absolute Gasteiger partial charge is 0.250 e. The third-order valence-electron chi connectivity index (χ3n) is 4.31. The first-order chi connectivity index (χ1) is 12.5. The second-order valence-electron chi connectivity index (χ2n) is 6.74. The summed E-state index contributed by atoms with van der Waals surface area (Å²) in [6.45, 7) is 8.67. The number of nitrogens with one attached hydrogen (secondary N) is 2. The van der Waals surface area contributed by atoms with Crippen LogP contribution in [0.15, 0.2) is 53.3 Å². The Balaban J connectivity index is 1.72. The van der Waals surface area contributed by atoms with Crippen molar-refractivity contribution in [1.82, 2.24) is 14.5 Å². The number of pyridine rings is 1. The van der Waals surface area contributed by atoms with Crippen molar-refractivity contribution in [2.45, 2.75) is 45.2 Å². The van der Waals surface area contributed by atoms with Crippen molar-refractivity contribution >= 4 is 17.3 Å². The van der Waals surface area contributed by atoms with Gasteiger partial charge >= 0.3 is 0 Å². The highest BCUT2D eigenvalue weighted by molar-refractivity contribution is 6.08. The topological polar surface area (TPSA) is 84.2 Å². The summed E-state index contributed by atoms with van der Waals surface area (Å²) in [4.78, 5) is 20.5. The van der Waals surface area contributed by atoms with E-state index in [2.05, 4.69) is 39.3 Å². The van der Waals surface area contributed by atoms with E-state index < -0.39 is 0 Å². The van der Waals surface area contributed by atoms with Crippen LogP contribution in [-0.4, -0.2) is 25.8 Å².